The highest BCUT2D eigenvalue weighted by atomic mass is 16.5. The van der Waals surface area contributed by atoms with Crippen LogP contribution < -0.4 is 0 Å². The van der Waals surface area contributed by atoms with Crippen LogP contribution in [-0.4, -0.2) is 37.6 Å². The van der Waals surface area contributed by atoms with Crippen molar-refractivity contribution in [2.45, 2.75) is 111 Å². The van der Waals surface area contributed by atoms with E-state index in [1.54, 1.807) is 5.57 Å². The van der Waals surface area contributed by atoms with Crippen LogP contribution in [0.1, 0.15) is 105 Å². The van der Waals surface area contributed by atoms with E-state index in [0.29, 0.717) is 36.8 Å². The van der Waals surface area contributed by atoms with Gasteiger partial charge in [-0.15, -0.1) is 0 Å². The van der Waals surface area contributed by atoms with Crippen LogP contribution in [0.5, 0.6) is 0 Å². The van der Waals surface area contributed by atoms with Crippen molar-refractivity contribution in [3.63, 3.8) is 0 Å². The Kier molecular flexibility index (Phi) is 8.90. The minimum absolute atomic E-state index is 0.0923. The fraction of sp³-hybridized carbons (Fsp3) is 0.935. The smallest absolute Gasteiger partial charge is 0.0704 e. The minimum Gasteiger partial charge on any atom is -0.394 e. The first-order chi connectivity index (χ1) is 16.3. The van der Waals surface area contributed by atoms with Gasteiger partial charge in [-0.1, -0.05) is 65.5 Å². The van der Waals surface area contributed by atoms with E-state index in [4.69, 9.17) is 14.6 Å². The summed E-state index contributed by atoms with van der Waals surface area (Å²) >= 11 is 0. The lowest BCUT2D eigenvalue weighted by Gasteiger charge is -2.58. The molecular weight excluding hydrogens is 420 g/mol. The lowest BCUT2D eigenvalue weighted by Crippen LogP contribution is -2.51. The average Bonchev–Trinajstić information content (AvgIpc) is 3.16. The lowest BCUT2D eigenvalue weighted by molar-refractivity contribution is -0.0683. The van der Waals surface area contributed by atoms with E-state index in [-0.39, 0.29) is 6.61 Å². The summed E-state index contributed by atoms with van der Waals surface area (Å²) in [6.45, 7) is 14.4. The maximum Gasteiger partial charge on any atom is 0.0704 e. The monoisotopic (exact) mass is 474 g/mol. The zero-order valence-electron chi connectivity index (χ0n) is 23.0. The summed E-state index contributed by atoms with van der Waals surface area (Å²) in [4.78, 5) is 0. The third kappa shape index (κ3) is 5.32. The molecule has 8 atom stereocenters. The van der Waals surface area contributed by atoms with E-state index < -0.39 is 0 Å². The third-order valence-electron chi connectivity index (χ3n) is 11.1. The van der Waals surface area contributed by atoms with E-state index in [0.717, 1.165) is 41.9 Å². The molecule has 4 rings (SSSR count). The van der Waals surface area contributed by atoms with Gasteiger partial charge in [-0.25, -0.2) is 0 Å². The van der Waals surface area contributed by atoms with Gasteiger partial charge in [-0.2, -0.15) is 0 Å². The topological polar surface area (TPSA) is 38.7 Å². The quantitative estimate of drug-likeness (QED) is 0.250. The first-order valence-corrected chi connectivity index (χ1v) is 14.8. The molecule has 196 valence electrons. The van der Waals surface area contributed by atoms with Gasteiger partial charge in [0.25, 0.3) is 0 Å². The maximum absolute atomic E-state index is 8.86. The molecule has 4 aliphatic rings. The van der Waals surface area contributed by atoms with E-state index in [9.17, 15) is 0 Å². The molecule has 3 saturated carbocycles. The highest BCUT2D eigenvalue weighted by molar-refractivity contribution is 5.25. The third-order valence-corrected chi connectivity index (χ3v) is 11.1. The number of aliphatic hydroxyl groups excluding tert-OH is 1. The molecule has 4 unspecified atom stereocenters. The van der Waals surface area contributed by atoms with E-state index >= 15 is 0 Å². The highest BCUT2D eigenvalue weighted by Crippen LogP contribution is 2.67. The van der Waals surface area contributed by atoms with E-state index in [1.807, 2.05) is 0 Å². The molecular formula is C31H54O3. The second kappa shape index (κ2) is 11.3. The Morgan fingerprint density at radius 1 is 0.971 bits per heavy atom. The largest absolute Gasteiger partial charge is 0.394 e. The Bertz CT molecular complexity index is 686. The summed E-state index contributed by atoms with van der Waals surface area (Å²) in [5.41, 5.74) is 2.69. The van der Waals surface area contributed by atoms with Crippen LogP contribution in [0.15, 0.2) is 11.6 Å². The molecule has 0 aliphatic heterocycles. The molecule has 0 heterocycles. The molecule has 0 amide bonds. The molecule has 0 aromatic carbocycles. The fourth-order valence-corrected chi connectivity index (χ4v) is 9.23. The molecule has 34 heavy (non-hydrogen) atoms. The van der Waals surface area contributed by atoms with Gasteiger partial charge < -0.3 is 14.6 Å². The average molecular weight is 475 g/mol. The Labute approximate surface area is 210 Å². The second-order valence-corrected chi connectivity index (χ2v) is 13.4. The summed E-state index contributed by atoms with van der Waals surface area (Å²) in [6, 6.07) is 0. The van der Waals surface area contributed by atoms with Gasteiger partial charge in [0.15, 0.2) is 0 Å². The summed E-state index contributed by atoms with van der Waals surface area (Å²) in [5.74, 6) is 5.42. The molecule has 0 spiro atoms. The predicted molar refractivity (Wildman–Crippen MR) is 141 cm³/mol. The summed E-state index contributed by atoms with van der Waals surface area (Å²) in [6.07, 6.45) is 18.1. The Morgan fingerprint density at radius 3 is 2.56 bits per heavy atom. The van der Waals surface area contributed by atoms with Crippen LogP contribution in [0.2, 0.25) is 0 Å². The molecule has 0 aromatic rings. The van der Waals surface area contributed by atoms with Gasteiger partial charge in [0, 0.05) is 0 Å². The van der Waals surface area contributed by atoms with Crippen molar-refractivity contribution in [2.24, 2.45) is 46.3 Å². The lowest BCUT2D eigenvalue weighted by atomic mass is 9.47. The van der Waals surface area contributed by atoms with Crippen molar-refractivity contribution in [3.8, 4) is 0 Å². The molecule has 0 saturated heterocycles. The van der Waals surface area contributed by atoms with Gasteiger partial charge in [0.05, 0.1) is 32.5 Å². The molecule has 4 aliphatic carbocycles. The number of hydrogen-bond donors (Lipinski definition) is 1. The van der Waals surface area contributed by atoms with Gasteiger partial charge in [0.2, 0.25) is 0 Å². The Balaban J connectivity index is 1.37. The van der Waals surface area contributed by atoms with Crippen LogP contribution in [0.25, 0.3) is 0 Å². The van der Waals surface area contributed by atoms with Crippen LogP contribution in [0, 0.1) is 46.3 Å². The van der Waals surface area contributed by atoms with Gasteiger partial charge in [-0.3, -0.25) is 0 Å². The second-order valence-electron chi connectivity index (χ2n) is 13.4. The molecule has 1 N–H and O–H groups in total. The molecule has 3 heteroatoms. The first kappa shape index (κ1) is 26.7. The Morgan fingerprint density at radius 2 is 1.79 bits per heavy atom. The maximum atomic E-state index is 8.86. The molecule has 0 radical (unpaired) electrons. The normalized spacial score (nSPS) is 40.4. The van der Waals surface area contributed by atoms with E-state index in [1.165, 1.54) is 64.2 Å². The van der Waals surface area contributed by atoms with Crippen LogP contribution in [0.3, 0.4) is 0 Å². The zero-order valence-corrected chi connectivity index (χ0v) is 23.0. The van der Waals surface area contributed by atoms with Crippen LogP contribution in [0.4, 0.5) is 0 Å². The standard InChI is InChI=1S/C31H54O3/c1-22(2)7-6-8-23(3)27-11-12-28-26-10-9-24-21-25(34-20-19-33-18-17-32)13-15-30(24,4)29(26)14-16-31(27,28)5/h9,22-23,25-29,32H,6-8,10-21H2,1-5H3/t23?,25-,26?,27+,28?,29?,30-,31+/m0/s1. The molecule has 3 fully saturated rings. The van der Waals surface area contributed by atoms with Crippen molar-refractivity contribution in [2.75, 3.05) is 26.4 Å². The summed E-state index contributed by atoms with van der Waals surface area (Å²) in [5, 5.41) is 8.86. The van der Waals surface area contributed by atoms with Crippen molar-refractivity contribution in [3.05, 3.63) is 11.6 Å². The number of ether oxygens (including phenoxy) is 2. The van der Waals surface area contributed by atoms with Gasteiger partial charge >= 0.3 is 0 Å². The van der Waals surface area contributed by atoms with Crippen molar-refractivity contribution >= 4 is 0 Å². The number of fused-ring (bicyclic) bond motifs is 5. The summed E-state index contributed by atoms with van der Waals surface area (Å²) < 4.78 is 11.6. The number of aliphatic hydroxyl groups is 1. The number of hydrogen-bond acceptors (Lipinski definition) is 3. The van der Waals surface area contributed by atoms with Crippen LogP contribution >= 0.6 is 0 Å². The molecule has 3 nitrogen and oxygen atoms in total. The van der Waals surface area contributed by atoms with Gasteiger partial charge in [-0.05, 0) is 97.7 Å². The van der Waals surface area contributed by atoms with Gasteiger partial charge in [0.1, 0.15) is 0 Å². The van der Waals surface area contributed by atoms with Crippen molar-refractivity contribution in [1.29, 1.82) is 0 Å². The minimum atomic E-state index is 0.0923. The first-order valence-electron chi connectivity index (χ1n) is 14.8. The SMILES string of the molecule is CC(C)CCCC(C)[C@H]1CCC2C3CC=C4C[C@@H](OCCOCCO)CC[C@]4(C)C3CC[C@@]21C. The predicted octanol–water partition coefficient (Wildman–Crippen LogP) is 7.42. The molecule has 0 aromatic heterocycles. The molecule has 0 bridgehead atoms. The zero-order chi connectivity index (χ0) is 24.3. The fourth-order valence-electron chi connectivity index (χ4n) is 9.23. The number of allylic oxidation sites excluding steroid dienone is 1. The van der Waals surface area contributed by atoms with Crippen molar-refractivity contribution < 1.29 is 14.6 Å². The van der Waals surface area contributed by atoms with Crippen LogP contribution in [-0.2, 0) is 9.47 Å². The Hall–Kier alpha value is -0.380. The van der Waals surface area contributed by atoms with E-state index in [2.05, 4.69) is 40.7 Å². The van der Waals surface area contributed by atoms with Crippen molar-refractivity contribution in [1.82, 2.24) is 0 Å². The highest BCUT2D eigenvalue weighted by Gasteiger charge is 2.59. The number of rotatable bonds is 11. The summed E-state index contributed by atoms with van der Waals surface area (Å²) in [7, 11) is 0.